The molecule has 3 rings (SSSR count). The molecule has 2 N–H and O–H groups in total. The lowest BCUT2D eigenvalue weighted by molar-refractivity contribution is -0.115. The zero-order valence-corrected chi connectivity index (χ0v) is 16.3. The molecule has 7 heteroatoms. The number of carbonyl (C=O) groups excluding carboxylic acids is 2. The van der Waals surface area contributed by atoms with Crippen LogP contribution in [0.15, 0.2) is 60.7 Å². The molecule has 0 fully saturated rings. The molecule has 0 atom stereocenters. The van der Waals surface area contributed by atoms with Gasteiger partial charge in [0, 0.05) is 0 Å². The van der Waals surface area contributed by atoms with Crippen molar-refractivity contribution in [2.45, 2.75) is 20.3 Å². The maximum absolute atomic E-state index is 12.2. The van der Waals surface area contributed by atoms with Gasteiger partial charge in [-0.3, -0.25) is 4.79 Å². The van der Waals surface area contributed by atoms with Gasteiger partial charge < -0.3 is 15.4 Å². The summed E-state index contributed by atoms with van der Waals surface area (Å²) < 4.78 is 5.06. The van der Waals surface area contributed by atoms with Crippen LogP contribution >= 0.6 is 0 Å². The summed E-state index contributed by atoms with van der Waals surface area (Å²) in [6.45, 7) is 4.02. The van der Waals surface area contributed by atoms with Crippen LogP contribution in [0.1, 0.15) is 28.4 Å². The lowest BCUT2D eigenvalue weighted by atomic mass is 10.1. The van der Waals surface area contributed by atoms with Crippen LogP contribution in [0.5, 0.6) is 0 Å². The average molecular weight is 390 g/mol. The molecule has 1 heterocycles. The minimum atomic E-state index is -0.413. The summed E-state index contributed by atoms with van der Waals surface area (Å²) in [5, 5.41) is 13.9. The van der Waals surface area contributed by atoms with Gasteiger partial charge >= 0.3 is 5.97 Å². The van der Waals surface area contributed by atoms with Gasteiger partial charge in [-0.05, 0) is 49.2 Å². The van der Waals surface area contributed by atoms with Crippen molar-refractivity contribution >= 4 is 29.2 Å². The zero-order valence-electron chi connectivity index (χ0n) is 16.3. The molecule has 0 radical (unpaired) electrons. The summed E-state index contributed by atoms with van der Waals surface area (Å²) in [6.07, 6.45) is 0.265. The molecular formula is C22H22N4O3. The number of benzene rings is 2. The highest BCUT2D eigenvalue weighted by Gasteiger charge is 2.13. The maximum Gasteiger partial charge on any atom is 0.340 e. The number of hydrogen-bond donors (Lipinski definition) is 2. The molecule has 0 aliphatic rings. The Morgan fingerprint density at radius 2 is 1.62 bits per heavy atom. The molecular weight excluding hydrogens is 368 g/mol. The maximum atomic E-state index is 12.2. The van der Waals surface area contributed by atoms with E-state index >= 15 is 0 Å². The molecule has 0 unspecified atom stereocenters. The van der Waals surface area contributed by atoms with E-state index in [0.29, 0.717) is 29.5 Å². The van der Waals surface area contributed by atoms with Gasteiger partial charge in [0.1, 0.15) is 0 Å². The van der Waals surface area contributed by atoms with Crippen molar-refractivity contribution in [1.29, 1.82) is 0 Å². The summed E-state index contributed by atoms with van der Waals surface area (Å²) in [4.78, 5) is 24.3. The Balaban J connectivity index is 1.64. The molecule has 2 aromatic carbocycles. The van der Waals surface area contributed by atoms with E-state index in [1.165, 1.54) is 0 Å². The number of nitrogens with one attached hydrogen (secondary N) is 2. The van der Waals surface area contributed by atoms with E-state index in [9.17, 15) is 9.59 Å². The van der Waals surface area contributed by atoms with Gasteiger partial charge in [-0.15, -0.1) is 10.2 Å². The number of nitrogens with zero attached hydrogens (tertiary/aromatic N) is 2. The number of ether oxygens (including phenoxy) is 1. The molecule has 7 nitrogen and oxygen atoms in total. The van der Waals surface area contributed by atoms with Gasteiger partial charge in [0.2, 0.25) is 5.91 Å². The van der Waals surface area contributed by atoms with E-state index < -0.39 is 5.97 Å². The van der Waals surface area contributed by atoms with Crippen LogP contribution in [-0.2, 0) is 16.0 Å². The van der Waals surface area contributed by atoms with Crippen LogP contribution in [0.25, 0.3) is 0 Å². The third-order valence-corrected chi connectivity index (χ3v) is 4.23. The molecule has 0 aliphatic carbocycles. The minimum absolute atomic E-state index is 0.165. The van der Waals surface area contributed by atoms with Gasteiger partial charge in [0.15, 0.2) is 11.6 Å². The normalized spacial score (nSPS) is 10.3. The van der Waals surface area contributed by atoms with Crippen LogP contribution in [0, 0.1) is 6.92 Å². The molecule has 148 valence electrons. The fraction of sp³-hybridized carbons (Fsp3) is 0.182. The number of aromatic nitrogens is 2. The Kier molecular flexibility index (Phi) is 6.52. The largest absolute Gasteiger partial charge is 0.462 e. The molecule has 29 heavy (non-hydrogen) atoms. The standard InChI is InChI=1S/C22H22N4O3/c1-3-29-22(28)17-10-6-7-11-18(17)23-19-12-13-20(26-25-19)24-21(27)14-16-9-5-4-8-15(16)2/h4-13H,3,14H2,1-2H3,(H,23,25)(H,24,26,27). The Labute approximate surface area is 169 Å². The second-order valence-corrected chi connectivity index (χ2v) is 6.35. The summed E-state index contributed by atoms with van der Waals surface area (Å²) in [5.41, 5.74) is 3.00. The number of carbonyl (C=O) groups is 2. The van der Waals surface area contributed by atoms with Crippen molar-refractivity contribution < 1.29 is 14.3 Å². The SMILES string of the molecule is CCOC(=O)c1ccccc1Nc1ccc(NC(=O)Cc2ccccc2C)nn1. The van der Waals surface area contributed by atoms with E-state index in [2.05, 4.69) is 20.8 Å². The topological polar surface area (TPSA) is 93.2 Å². The number of anilines is 3. The van der Waals surface area contributed by atoms with Crippen LogP contribution < -0.4 is 10.6 Å². The number of hydrogen-bond acceptors (Lipinski definition) is 6. The highest BCUT2D eigenvalue weighted by molar-refractivity contribution is 5.96. The lowest BCUT2D eigenvalue weighted by Crippen LogP contribution is -2.16. The third-order valence-electron chi connectivity index (χ3n) is 4.23. The fourth-order valence-corrected chi connectivity index (χ4v) is 2.75. The summed E-state index contributed by atoms with van der Waals surface area (Å²) in [5.74, 6) is 0.220. The van der Waals surface area contributed by atoms with E-state index in [1.54, 1.807) is 43.3 Å². The second kappa shape index (κ2) is 9.45. The van der Waals surface area contributed by atoms with Crippen molar-refractivity contribution in [3.05, 3.63) is 77.4 Å². The summed E-state index contributed by atoms with van der Waals surface area (Å²) >= 11 is 0. The monoisotopic (exact) mass is 390 g/mol. The molecule has 0 aliphatic heterocycles. The number of amides is 1. The first-order valence-electron chi connectivity index (χ1n) is 9.28. The Hall–Kier alpha value is -3.74. The Bertz CT molecular complexity index is 1000. The van der Waals surface area contributed by atoms with Crippen LogP contribution in [0.4, 0.5) is 17.3 Å². The van der Waals surface area contributed by atoms with Crippen molar-refractivity contribution in [3.63, 3.8) is 0 Å². The van der Waals surface area contributed by atoms with Crippen LogP contribution in [0.2, 0.25) is 0 Å². The highest BCUT2D eigenvalue weighted by atomic mass is 16.5. The van der Waals surface area contributed by atoms with E-state index in [0.717, 1.165) is 11.1 Å². The quantitative estimate of drug-likeness (QED) is 0.595. The number of esters is 1. The Morgan fingerprint density at radius 1 is 0.931 bits per heavy atom. The van der Waals surface area contributed by atoms with Gasteiger partial charge in [0.25, 0.3) is 0 Å². The van der Waals surface area contributed by atoms with Crippen molar-refractivity contribution in [3.8, 4) is 0 Å². The molecule has 0 saturated carbocycles. The first-order valence-corrected chi connectivity index (χ1v) is 9.28. The zero-order chi connectivity index (χ0) is 20.6. The third kappa shape index (κ3) is 5.38. The number of aryl methyl sites for hydroxylation is 1. The summed E-state index contributed by atoms with van der Waals surface area (Å²) in [6, 6.07) is 18.1. The van der Waals surface area contributed by atoms with Gasteiger partial charge in [-0.1, -0.05) is 36.4 Å². The second-order valence-electron chi connectivity index (χ2n) is 6.35. The highest BCUT2D eigenvalue weighted by Crippen LogP contribution is 2.20. The van der Waals surface area contributed by atoms with Crippen LogP contribution in [0.3, 0.4) is 0 Å². The smallest absolute Gasteiger partial charge is 0.340 e. The first-order chi connectivity index (χ1) is 14.1. The molecule has 0 spiro atoms. The van der Waals surface area contributed by atoms with E-state index in [-0.39, 0.29) is 12.3 Å². The molecule has 3 aromatic rings. The van der Waals surface area contributed by atoms with Crippen LogP contribution in [-0.4, -0.2) is 28.7 Å². The fourth-order valence-electron chi connectivity index (χ4n) is 2.75. The lowest BCUT2D eigenvalue weighted by Gasteiger charge is -2.11. The minimum Gasteiger partial charge on any atom is -0.462 e. The predicted octanol–water partition coefficient (Wildman–Crippen LogP) is 3.89. The Morgan fingerprint density at radius 3 is 2.34 bits per heavy atom. The van der Waals surface area contributed by atoms with Gasteiger partial charge in [-0.2, -0.15) is 0 Å². The number of para-hydroxylation sites is 1. The van der Waals surface area contributed by atoms with Gasteiger partial charge in [-0.25, -0.2) is 4.79 Å². The molecule has 1 aromatic heterocycles. The van der Waals surface area contributed by atoms with Crippen molar-refractivity contribution in [2.75, 3.05) is 17.2 Å². The van der Waals surface area contributed by atoms with Gasteiger partial charge in [0.05, 0.1) is 24.3 Å². The first kappa shape index (κ1) is 20.0. The summed E-state index contributed by atoms with van der Waals surface area (Å²) in [7, 11) is 0. The van der Waals surface area contributed by atoms with E-state index in [4.69, 9.17) is 4.74 Å². The predicted molar refractivity (Wildman–Crippen MR) is 111 cm³/mol. The number of rotatable bonds is 7. The molecule has 0 saturated heterocycles. The van der Waals surface area contributed by atoms with Crippen molar-refractivity contribution in [2.24, 2.45) is 0 Å². The van der Waals surface area contributed by atoms with Crippen molar-refractivity contribution in [1.82, 2.24) is 10.2 Å². The average Bonchev–Trinajstić information content (AvgIpc) is 2.72. The molecule has 1 amide bonds. The molecule has 0 bridgehead atoms. The van der Waals surface area contributed by atoms with E-state index in [1.807, 2.05) is 31.2 Å².